The Balaban J connectivity index is 1.97. The number of anilines is 1. The summed E-state index contributed by atoms with van der Waals surface area (Å²) in [4.78, 5) is 11.6. The molecule has 0 spiro atoms. The Bertz CT molecular complexity index is 908. The predicted molar refractivity (Wildman–Crippen MR) is 112 cm³/mol. The summed E-state index contributed by atoms with van der Waals surface area (Å²) in [6, 6.07) is 15.5. The van der Waals surface area contributed by atoms with Crippen LogP contribution in [0.2, 0.25) is 0 Å². The van der Waals surface area contributed by atoms with Crippen LogP contribution in [0.1, 0.15) is 20.3 Å². The van der Waals surface area contributed by atoms with Crippen molar-refractivity contribution in [1.82, 2.24) is 14.9 Å². The van der Waals surface area contributed by atoms with E-state index in [2.05, 4.69) is 43.1 Å². The predicted octanol–water partition coefficient (Wildman–Crippen LogP) is 4.39. The number of hydrogen-bond acceptors (Lipinski definition) is 5. The number of aromatic hydroxyl groups is 1. The molecular weight excluding hydrogens is 336 g/mol. The Morgan fingerprint density at radius 3 is 2.41 bits per heavy atom. The minimum atomic E-state index is 0.185. The Labute approximate surface area is 161 Å². The first-order chi connectivity index (χ1) is 13.0. The number of rotatable bonds is 7. The lowest BCUT2D eigenvalue weighted by molar-refractivity contribution is 0.266. The van der Waals surface area contributed by atoms with Crippen molar-refractivity contribution in [3.8, 4) is 17.1 Å². The number of benzene rings is 2. The number of aromatic nitrogens is 2. The lowest BCUT2D eigenvalue weighted by Gasteiger charge is -2.26. The standard InChI is InChI=1S/C22H28N4O/c1-15(2)13-16(26(3)4)14-23-21-17-9-5-7-11-19(17)24-22(25-21)18-10-6-8-12-20(18)27/h5-12,15-16,27H,13-14H2,1-4H3,(H,23,24,25)/t16-/m0/s1. The highest BCUT2D eigenvalue weighted by atomic mass is 16.3. The third-order valence-electron chi connectivity index (χ3n) is 4.73. The lowest BCUT2D eigenvalue weighted by Crippen LogP contribution is -2.35. The minimum Gasteiger partial charge on any atom is -0.507 e. The number of hydrogen-bond donors (Lipinski definition) is 2. The van der Waals surface area contributed by atoms with Crippen molar-refractivity contribution in [1.29, 1.82) is 0 Å². The highest BCUT2D eigenvalue weighted by Gasteiger charge is 2.16. The SMILES string of the molecule is CC(C)C[C@@H](CNc1nc(-c2ccccc2O)nc2ccccc12)N(C)C. The first-order valence-electron chi connectivity index (χ1n) is 9.41. The molecule has 5 nitrogen and oxygen atoms in total. The molecule has 2 aromatic carbocycles. The van der Waals surface area contributed by atoms with E-state index in [1.807, 2.05) is 36.4 Å². The van der Waals surface area contributed by atoms with Gasteiger partial charge in [-0.05, 0) is 50.7 Å². The van der Waals surface area contributed by atoms with Gasteiger partial charge in [0.25, 0.3) is 0 Å². The van der Waals surface area contributed by atoms with Gasteiger partial charge in [-0.15, -0.1) is 0 Å². The van der Waals surface area contributed by atoms with Crippen LogP contribution in [0.4, 0.5) is 5.82 Å². The number of nitrogens with one attached hydrogen (secondary N) is 1. The van der Waals surface area contributed by atoms with Gasteiger partial charge in [-0.1, -0.05) is 38.1 Å². The van der Waals surface area contributed by atoms with Gasteiger partial charge in [0.2, 0.25) is 0 Å². The molecule has 3 rings (SSSR count). The second-order valence-corrected chi connectivity index (χ2v) is 7.56. The summed E-state index contributed by atoms with van der Waals surface area (Å²) < 4.78 is 0. The van der Waals surface area contributed by atoms with Gasteiger partial charge in [-0.25, -0.2) is 9.97 Å². The molecule has 1 atom stereocenters. The van der Waals surface area contributed by atoms with Gasteiger partial charge in [0.1, 0.15) is 11.6 Å². The average molecular weight is 364 g/mol. The zero-order chi connectivity index (χ0) is 19.4. The van der Waals surface area contributed by atoms with E-state index < -0.39 is 0 Å². The molecule has 0 aliphatic rings. The monoisotopic (exact) mass is 364 g/mol. The smallest absolute Gasteiger partial charge is 0.165 e. The van der Waals surface area contributed by atoms with Crippen LogP contribution < -0.4 is 5.32 Å². The van der Waals surface area contributed by atoms with Crippen molar-refractivity contribution in [3.63, 3.8) is 0 Å². The molecule has 0 amide bonds. The summed E-state index contributed by atoms with van der Waals surface area (Å²) in [5.74, 6) is 2.14. The third-order valence-corrected chi connectivity index (χ3v) is 4.73. The van der Waals surface area contributed by atoms with Crippen LogP contribution in [0.25, 0.3) is 22.3 Å². The van der Waals surface area contributed by atoms with Crippen LogP contribution in [-0.4, -0.2) is 46.7 Å². The molecule has 0 saturated carbocycles. The summed E-state index contributed by atoms with van der Waals surface area (Å²) in [6.45, 7) is 5.28. The van der Waals surface area contributed by atoms with E-state index in [4.69, 9.17) is 4.98 Å². The van der Waals surface area contributed by atoms with Gasteiger partial charge < -0.3 is 15.3 Å². The molecule has 27 heavy (non-hydrogen) atoms. The number of nitrogens with zero attached hydrogens (tertiary/aromatic N) is 3. The molecule has 2 N–H and O–H groups in total. The first kappa shape index (κ1) is 19.1. The van der Waals surface area contributed by atoms with Crippen LogP contribution in [-0.2, 0) is 0 Å². The number of para-hydroxylation sites is 2. The Kier molecular flexibility index (Phi) is 5.91. The lowest BCUT2D eigenvalue weighted by atomic mass is 10.0. The quantitative estimate of drug-likeness (QED) is 0.651. The fourth-order valence-corrected chi connectivity index (χ4v) is 3.23. The van der Waals surface area contributed by atoms with Crippen molar-refractivity contribution >= 4 is 16.7 Å². The molecule has 0 unspecified atom stereocenters. The van der Waals surface area contributed by atoms with E-state index >= 15 is 0 Å². The zero-order valence-corrected chi connectivity index (χ0v) is 16.5. The van der Waals surface area contributed by atoms with Crippen LogP contribution >= 0.6 is 0 Å². The summed E-state index contributed by atoms with van der Waals surface area (Å²) in [7, 11) is 4.22. The maximum Gasteiger partial charge on any atom is 0.165 e. The van der Waals surface area contributed by atoms with Gasteiger partial charge in [0.05, 0.1) is 11.1 Å². The zero-order valence-electron chi connectivity index (χ0n) is 16.5. The van der Waals surface area contributed by atoms with Crippen LogP contribution in [0.5, 0.6) is 5.75 Å². The maximum atomic E-state index is 10.2. The van der Waals surface area contributed by atoms with E-state index in [0.29, 0.717) is 23.3 Å². The molecule has 0 radical (unpaired) electrons. The number of phenolic OH excluding ortho intramolecular Hbond substituents is 1. The van der Waals surface area contributed by atoms with Crippen LogP contribution in [0.15, 0.2) is 48.5 Å². The fourth-order valence-electron chi connectivity index (χ4n) is 3.23. The third kappa shape index (κ3) is 4.55. The Morgan fingerprint density at radius 1 is 1.00 bits per heavy atom. The summed E-state index contributed by atoms with van der Waals surface area (Å²) >= 11 is 0. The second kappa shape index (κ2) is 8.35. The molecule has 0 bridgehead atoms. The molecule has 0 aliphatic heterocycles. The second-order valence-electron chi connectivity index (χ2n) is 7.56. The Morgan fingerprint density at radius 2 is 1.70 bits per heavy atom. The summed E-state index contributed by atoms with van der Waals surface area (Å²) in [6.07, 6.45) is 1.11. The highest BCUT2D eigenvalue weighted by molar-refractivity contribution is 5.90. The van der Waals surface area contributed by atoms with Crippen molar-refractivity contribution in [2.45, 2.75) is 26.3 Å². The average Bonchev–Trinajstić information content (AvgIpc) is 2.64. The van der Waals surface area contributed by atoms with E-state index in [1.54, 1.807) is 12.1 Å². The minimum absolute atomic E-state index is 0.185. The van der Waals surface area contributed by atoms with E-state index in [0.717, 1.165) is 29.7 Å². The maximum absolute atomic E-state index is 10.2. The van der Waals surface area contributed by atoms with Crippen molar-refractivity contribution in [2.24, 2.45) is 5.92 Å². The molecule has 3 aromatic rings. The van der Waals surface area contributed by atoms with Gasteiger partial charge in [-0.3, -0.25) is 0 Å². The molecule has 5 heteroatoms. The first-order valence-corrected chi connectivity index (χ1v) is 9.41. The molecule has 1 heterocycles. The van der Waals surface area contributed by atoms with Crippen molar-refractivity contribution < 1.29 is 5.11 Å². The van der Waals surface area contributed by atoms with Crippen molar-refractivity contribution in [3.05, 3.63) is 48.5 Å². The van der Waals surface area contributed by atoms with Gasteiger partial charge in [0.15, 0.2) is 5.82 Å². The summed E-state index contributed by atoms with van der Waals surface area (Å²) in [5.41, 5.74) is 1.50. The topological polar surface area (TPSA) is 61.3 Å². The van der Waals surface area contributed by atoms with Crippen LogP contribution in [0.3, 0.4) is 0 Å². The largest absolute Gasteiger partial charge is 0.507 e. The van der Waals surface area contributed by atoms with Gasteiger partial charge in [0, 0.05) is 18.0 Å². The molecular formula is C22H28N4O. The molecule has 0 saturated heterocycles. The number of phenols is 1. The van der Waals surface area contributed by atoms with Crippen molar-refractivity contribution in [2.75, 3.05) is 26.0 Å². The molecule has 142 valence electrons. The van der Waals surface area contributed by atoms with E-state index in [-0.39, 0.29) is 5.75 Å². The van der Waals surface area contributed by atoms with E-state index in [9.17, 15) is 5.11 Å². The van der Waals surface area contributed by atoms with Gasteiger partial charge in [-0.2, -0.15) is 0 Å². The highest BCUT2D eigenvalue weighted by Crippen LogP contribution is 2.30. The fraction of sp³-hybridized carbons (Fsp3) is 0.364. The number of likely N-dealkylation sites (N-methyl/N-ethyl adjacent to an activating group) is 1. The summed E-state index contributed by atoms with van der Waals surface area (Å²) in [5, 5.41) is 14.7. The number of fused-ring (bicyclic) bond motifs is 1. The molecule has 0 fully saturated rings. The Hall–Kier alpha value is -2.66. The van der Waals surface area contributed by atoms with Crippen LogP contribution in [0, 0.1) is 5.92 Å². The molecule has 0 aliphatic carbocycles. The van der Waals surface area contributed by atoms with E-state index in [1.165, 1.54) is 0 Å². The molecule has 1 aromatic heterocycles. The van der Waals surface area contributed by atoms with Gasteiger partial charge >= 0.3 is 0 Å². The normalized spacial score (nSPS) is 12.7.